The van der Waals surface area contributed by atoms with E-state index in [4.69, 9.17) is 0 Å². The van der Waals surface area contributed by atoms with Crippen LogP contribution in [-0.2, 0) is 6.42 Å². The van der Waals surface area contributed by atoms with Crippen molar-refractivity contribution in [2.45, 2.75) is 34.1 Å². The number of nitrogens with one attached hydrogen (secondary N) is 3. The standard InChI is InChI=1S/C25H25FN4O/c1-15-18(26)6-5-7-19(15)29-23-21-20(10-13-28-24(21)31)30-22(23)17-9-12-27-14-16(17)8-11-25(2,3)4/h5-7,9,12,14,29-30H,10,13H2,1-4H3,(H,28,31). The molecule has 0 fully saturated rings. The molecule has 6 heteroatoms. The van der Waals surface area contributed by atoms with Crippen molar-refractivity contribution >= 4 is 17.3 Å². The largest absolute Gasteiger partial charge is 0.356 e. The number of rotatable bonds is 3. The van der Waals surface area contributed by atoms with Crippen molar-refractivity contribution in [3.63, 3.8) is 0 Å². The third kappa shape index (κ3) is 4.17. The summed E-state index contributed by atoms with van der Waals surface area (Å²) in [5.41, 5.74) is 5.29. The maximum atomic E-state index is 14.2. The highest BCUT2D eigenvalue weighted by Gasteiger charge is 2.28. The molecule has 0 aliphatic carbocycles. The van der Waals surface area contributed by atoms with Crippen LogP contribution in [0.2, 0.25) is 0 Å². The van der Waals surface area contributed by atoms with Crippen molar-refractivity contribution in [2.24, 2.45) is 5.41 Å². The van der Waals surface area contributed by atoms with Gasteiger partial charge in [0.1, 0.15) is 5.82 Å². The molecule has 1 aliphatic rings. The Morgan fingerprint density at radius 2 is 2.03 bits per heavy atom. The van der Waals surface area contributed by atoms with E-state index >= 15 is 0 Å². The van der Waals surface area contributed by atoms with E-state index in [1.165, 1.54) is 6.07 Å². The van der Waals surface area contributed by atoms with Gasteiger partial charge < -0.3 is 15.6 Å². The summed E-state index contributed by atoms with van der Waals surface area (Å²) in [6.07, 6.45) is 4.12. The van der Waals surface area contributed by atoms with Crippen LogP contribution in [0, 0.1) is 30.0 Å². The number of fused-ring (bicyclic) bond motifs is 1. The van der Waals surface area contributed by atoms with E-state index in [1.54, 1.807) is 31.5 Å². The topological polar surface area (TPSA) is 69.8 Å². The molecule has 5 nitrogen and oxygen atoms in total. The first-order chi connectivity index (χ1) is 14.7. The lowest BCUT2D eigenvalue weighted by atomic mass is 9.96. The van der Waals surface area contributed by atoms with Gasteiger partial charge in [-0.2, -0.15) is 0 Å². The summed E-state index contributed by atoms with van der Waals surface area (Å²) in [7, 11) is 0. The summed E-state index contributed by atoms with van der Waals surface area (Å²) in [5.74, 6) is 6.03. The Hall–Kier alpha value is -3.59. The fraction of sp³-hybridized carbons (Fsp3) is 0.280. The second-order valence-corrected chi connectivity index (χ2v) is 8.69. The lowest BCUT2D eigenvalue weighted by molar-refractivity contribution is 0.0947. The molecule has 1 aliphatic heterocycles. The smallest absolute Gasteiger partial charge is 0.255 e. The number of H-pyrrole nitrogens is 1. The van der Waals surface area contributed by atoms with Crippen molar-refractivity contribution in [1.82, 2.24) is 15.3 Å². The highest BCUT2D eigenvalue weighted by molar-refractivity contribution is 6.06. The quantitative estimate of drug-likeness (QED) is 0.529. The van der Waals surface area contributed by atoms with Gasteiger partial charge in [0.15, 0.2) is 0 Å². The second-order valence-electron chi connectivity index (χ2n) is 8.69. The predicted molar refractivity (Wildman–Crippen MR) is 121 cm³/mol. The molecule has 158 valence electrons. The number of hydrogen-bond donors (Lipinski definition) is 3. The van der Waals surface area contributed by atoms with E-state index in [0.29, 0.717) is 35.5 Å². The second kappa shape index (κ2) is 7.92. The Morgan fingerprint density at radius 1 is 1.23 bits per heavy atom. The minimum atomic E-state index is -0.305. The number of anilines is 2. The number of pyridine rings is 1. The molecule has 0 atom stereocenters. The third-order valence-corrected chi connectivity index (χ3v) is 5.16. The molecular weight excluding hydrogens is 391 g/mol. The number of halogens is 1. The van der Waals surface area contributed by atoms with E-state index in [0.717, 1.165) is 22.5 Å². The Labute approximate surface area is 181 Å². The summed E-state index contributed by atoms with van der Waals surface area (Å²) in [5, 5.41) is 6.22. The van der Waals surface area contributed by atoms with E-state index in [-0.39, 0.29) is 17.1 Å². The molecule has 3 N–H and O–H groups in total. The van der Waals surface area contributed by atoms with Crippen LogP contribution in [0.25, 0.3) is 11.3 Å². The first-order valence-electron chi connectivity index (χ1n) is 10.3. The van der Waals surface area contributed by atoms with Gasteiger partial charge in [0, 0.05) is 53.3 Å². The molecule has 3 heterocycles. The van der Waals surface area contributed by atoms with E-state index in [9.17, 15) is 9.18 Å². The van der Waals surface area contributed by atoms with Gasteiger partial charge in [0.2, 0.25) is 0 Å². The maximum Gasteiger partial charge on any atom is 0.255 e. The molecule has 1 amide bonds. The first-order valence-corrected chi connectivity index (χ1v) is 10.3. The fourth-order valence-corrected chi connectivity index (χ4v) is 3.55. The monoisotopic (exact) mass is 416 g/mol. The average molecular weight is 417 g/mol. The summed E-state index contributed by atoms with van der Waals surface area (Å²) in [6.45, 7) is 8.43. The zero-order valence-corrected chi connectivity index (χ0v) is 18.1. The van der Waals surface area contributed by atoms with Crippen molar-refractivity contribution in [1.29, 1.82) is 0 Å². The van der Waals surface area contributed by atoms with E-state index in [1.807, 2.05) is 26.8 Å². The SMILES string of the molecule is Cc1c(F)cccc1Nc1c(-c2ccncc2C#CC(C)(C)C)[nH]c2c1C(=O)NCC2. The highest BCUT2D eigenvalue weighted by atomic mass is 19.1. The van der Waals surface area contributed by atoms with Crippen LogP contribution in [-0.4, -0.2) is 22.4 Å². The average Bonchev–Trinajstić information content (AvgIpc) is 3.09. The van der Waals surface area contributed by atoms with Gasteiger partial charge in [-0.05, 0) is 45.9 Å². The number of amides is 1. The van der Waals surface area contributed by atoms with Gasteiger partial charge in [-0.15, -0.1) is 0 Å². The van der Waals surface area contributed by atoms with Crippen LogP contribution < -0.4 is 10.6 Å². The van der Waals surface area contributed by atoms with Crippen molar-refractivity contribution < 1.29 is 9.18 Å². The van der Waals surface area contributed by atoms with Crippen molar-refractivity contribution in [2.75, 3.05) is 11.9 Å². The zero-order chi connectivity index (χ0) is 22.2. The van der Waals surface area contributed by atoms with Crippen LogP contribution in [0.3, 0.4) is 0 Å². The van der Waals surface area contributed by atoms with Gasteiger partial charge >= 0.3 is 0 Å². The number of benzene rings is 1. The highest BCUT2D eigenvalue weighted by Crippen LogP contribution is 2.38. The molecule has 0 saturated heterocycles. The summed E-state index contributed by atoms with van der Waals surface area (Å²) in [4.78, 5) is 20.4. The minimum Gasteiger partial charge on any atom is -0.356 e. The number of aromatic nitrogens is 2. The molecule has 0 spiro atoms. The molecule has 4 rings (SSSR count). The van der Waals surface area contributed by atoms with Crippen LogP contribution in [0.1, 0.15) is 48.0 Å². The summed E-state index contributed by atoms with van der Waals surface area (Å²) >= 11 is 0. The lowest BCUT2D eigenvalue weighted by Crippen LogP contribution is -2.31. The van der Waals surface area contributed by atoms with Crippen molar-refractivity contribution in [3.8, 4) is 23.1 Å². The fourth-order valence-electron chi connectivity index (χ4n) is 3.55. The molecule has 2 aromatic heterocycles. The number of aromatic amines is 1. The third-order valence-electron chi connectivity index (χ3n) is 5.16. The Balaban J connectivity index is 1.91. The zero-order valence-electron chi connectivity index (χ0n) is 18.1. The van der Waals surface area contributed by atoms with Crippen LogP contribution >= 0.6 is 0 Å². The molecular formula is C25H25FN4O. The number of nitrogens with zero attached hydrogens (tertiary/aromatic N) is 1. The van der Waals surface area contributed by atoms with Crippen molar-refractivity contribution in [3.05, 3.63) is 64.9 Å². The predicted octanol–water partition coefficient (Wildman–Crippen LogP) is 4.95. The molecule has 0 saturated carbocycles. The Kier molecular flexibility index (Phi) is 5.28. The molecule has 0 radical (unpaired) electrons. The van der Waals surface area contributed by atoms with E-state index in [2.05, 4.69) is 32.4 Å². The van der Waals surface area contributed by atoms with Crippen LogP contribution in [0.4, 0.5) is 15.8 Å². The number of carbonyl (C=O) groups is 1. The molecule has 3 aromatic rings. The van der Waals surface area contributed by atoms with Gasteiger partial charge in [-0.25, -0.2) is 4.39 Å². The normalized spacial score (nSPS) is 13.1. The molecule has 0 unspecified atom stereocenters. The van der Waals surface area contributed by atoms with Gasteiger partial charge in [0.25, 0.3) is 5.91 Å². The van der Waals surface area contributed by atoms with Gasteiger partial charge in [-0.3, -0.25) is 9.78 Å². The first kappa shape index (κ1) is 20.7. The van der Waals surface area contributed by atoms with Crippen LogP contribution in [0.5, 0.6) is 0 Å². The Morgan fingerprint density at radius 3 is 2.81 bits per heavy atom. The van der Waals surface area contributed by atoms with Gasteiger partial charge in [-0.1, -0.05) is 17.9 Å². The number of hydrogen-bond acceptors (Lipinski definition) is 3. The van der Waals surface area contributed by atoms with Crippen LogP contribution in [0.15, 0.2) is 36.7 Å². The molecule has 0 bridgehead atoms. The molecule has 1 aromatic carbocycles. The summed E-state index contributed by atoms with van der Waals surface area (Å²) < 4.78 is 14.2. The lowest BCUT2D eigenvalue weighted by Gasteiger charge is -2.16. The van der Waals surface area contributed by atoms with Gasteiger partial charge in [0.05, 0.1) is 22.5 Å². The summed E-state index contributed by atoms with van der Waals surface area (Å²) in [6, 6.07) is 6.75. The minimum absolute atomic E-state index is 0.156. The van der Waals surface area contributed by atoms with E-state index < -0.39 is 0 Å². The number of carbonyl (C=O) groups excluding carboxylic acids is 1. The Bertz CT molecular complexity index is 1220. The maximum absolute atomic E-state index is 14.2. The molecule has 31 heavy (non-hydrogen) atoms.